The summed E-state index contributed by atoms with van der Waals surface area (Å²) in [5.41, 5.74) is -2.28. The molecule has 1 N–H and O–H groups in total. The van der Waals surface area contributed by atoms with Crippen molar-refractivity contribution in [2.24, 2.45) is 0 Å². The molecule has 0 aliphatic carbocycles. The number of hydrogen-bond donors (Lipinski definition) is 1. The topological polar surface area (TPSA) is 112 Å². The second-order valence-electron chi connectivity index (χ2n) is 2.97. The number of carbonyl (C=O) groups is 1. The van der Waals surface area contributed by atoms with E-state index in [9.17, 15) is 28.1 Å². The molecule has 0 unspecified atom stereocenters. The number of carboxylic acids is 1. The number of carboxylic acid groups (broad SMARTS) is 1. The van der Waals surface area contributed by atoms with E-state index in [0.29, 0.717) is 6.07 Å². The van der Waals surface area contributed by atoms with Crippen LogP contribution in [0.3, 0.4) is 0 Å². The van der Waals surface area contributed by atoms with Crippen molar-refractivity contribution in [3.05, 3.63) is 21.9 Å². The molecule has 8 nitrogen and oxygen atoms in total. The molecule has 1 heterocycles. The van der Waals surface area contributed by atoms with E-state index in [0.717, 1.165) is 7.11 Å². The molecule has 0 fully saturated rings. The maximum absolute atomic E-state index is 12.0. The number of halogens is 3. The van der Waals surface area contributed by atoms with Gasteiger partial charge in [-0.05, 0) is 0 Å². The van der Waals surface area contributed by atoms with E-state index in [-0.39, 0.29) is 0 Å². The van der Waals surface area contributed by atoms with Crippen molar-refractivity contribution in [1.82, 2.24) is 4.98 Å². The van der Waals surface area contributed by atoms with Crippen molar-refractivity contribution < 1.29 is 37.5 Å². The van der Waals surface area contributed by atoms with Crippen molar-refractivity contribution in [2.75, 3.05) is 7.11 Å². The van der Waals surface area contributed by atoms with Gasteiger partial charge in [-0.15, -0.1) is 13.2 Å². The van der Waals surface area contributed by atoms with Crippen LogP contribution in [-0.4, -0.2) is 34.5 Å². The van der Waals surface area contributed by atoms with Gasteiger partial charge in [0.15, 0.2) is 0 Å². The number of ether oxygens (including phenoxy) is 2. The minimum absolute atomic E-state index is 0.470. The lowest BCUT2D eigenvalue weighted by Gasteiger charge is -2.10. The van der Waals surface area contributed by atoms with E-state index < -0.39 is 40.3 Å². The fourth-order valence-corrected chi connectivity index (χ4v) is 1.14. The summed E-state index contributed by atoms with van der Waals surface area (Å²) in [5.74, 6) is -3.78. The lowest BCUT2D eigenvalue weighted by molar-refractivity contribution is -0.386. The predicted octanol–water partition coefficient (Wildman–Crippen LogP) is 1.60. The number of alkyl halides is 3. The third-order valence-corrected chi connectivity index (χ3v) is 1.76. The van der Waals surface area contributed by atoms with Crippen LogP contribution in [0.5, 0.6) is 11.6 Å². The zero-order valence-corrected chi connectivity index (χ0v) is 9.09. The molecule has 0 saturated carbocycles. The smallest absolute Gasteiger partial charge is 0.490 e. The zero-order valence-electron chi connectivity index (χ0n) is 9.09. The summed E-state index contributed by atoms with van der Waals surface area (Å²) in [6.07, 6.45) is -5.12. The number of aromatic carboxylic acids is 1. The molecule has 1 aromatic heterocycles. The molecule has 0 saturated heterocycles. The summed E-state index contributed by atoms with van der Waals surface area (Å²) in [4.78, 5) is 23.2. The Bertz CT molecular complexity index is 530. The second-order valence-corrected chi connectivity index (χ2v) is 2.97. The van der Waals surface area contributed by atoms with Crippen LogP contribution in [0.2, 0.25) is 0 Å². The molecule has 19 heavy (non-hydrogen) atoms. The van der Waals surface area contributed by atoms with Crippen LogP contribution in [0.15, 0.2) is 6.07 Å². The first kappa shape index (κ1) is 14.5. The Labute approximate surface area is 102 Å². The van der Waals surface area contributed by atoms with Gasteiger partial charge in [0.2, 0.25) is 17.3 Å². The molecule has 0 aliphatic rings. The first-order valence-corrected chi connectivity index (χ1v) is 4.38. The quantitative estimate of drug-likeness (QED) is 0.659. The summed E-state index contributed by atoms with van der Waals surface area (Å²) in [5, 5.41) is 19.4. The normalized spacial score (nSPS) is 10.9. The van der Waals surface area contributed by atoms with Gasteiger partial charge in [0.1, 0.15) is 0 Å². The van der Waals surface area contributed by atoms with Crippen LogP contribution in [0, 0.1) is 10.1 Å². The molecule has 0 amide bonds. The van der Waals surface area contributed by atoms with Crippen molar-refractivity contribution in [1.29, 1.82) is 0 Å². The predicted molar refractivity (Wildman–Crippen MR) is 51.1 cm³/mol. The highest BCUT2D eigenvalue weighted by Crippen LogP contribution is 2.34. The molecule has 0 radical (unpaired) electrons. The Morgan fingerprint density at radius 1 is 1.53 bits per heavy atom. The molecular weight excluding hydrogens is 277 g/mol. The van der Waals surface area contributed by atoms with Gasteiger partial charge in [0.05, 0.1) is 18.1 Å². The van der Waals surface area contributed by atoms with Gasteiger partial charge in [-0.2, -0.15) is 4.98 Å². The van der Waals surface area contributed by atoms with Gasteiger partial charge in [-0.1, -0.05) is 0 Å². The summed E-state index contributed by atoms with van der Waals surface area (Å²) in [7, 11) is 0.922. The number of rotatable bonds is 4. The van der Waals surface area contributed by atoms with Crippen molar-refractivity contribution in [3.63, 3.8) is 0 Å². The molecule has 1 aromatic rings. The van der Waals surface area contributed by atoms with Gasteiger partial charge in [-0.25, -0.2) is 4.79 Å². The highest BCUT2D eigenvalue weighted by molar-refractivity contribution is 5.91. The van der Waals surface area contributed by atoms with E-state index in [4.69, 9.17) is 5.11 Å². The highest BCUT2D eigenvalue weighted by atomic mass is 19.4. The maximum atomic E-state index is 12.0. The number of nitrogens with zero attached hydrogens (tertiary/aromatic N) is 2. The monoisotopic (exact) mass is 282 g/mol. The zero-order chi connectivity index (χ0) is 14.8. The fraction of sp³-hybridized carbons (Fsp3) is 0.250. The van der Waals surface area contributed by atoms with E-state index in [1.807, 2.05) is 0 Å². The van der Waals surface area contributed by atoms with Crippen LogP contribution in [0.1, 0.15) is 10.5 Å². The Hall–Kier alpha value is -2.59. The minimum atomic E-state index is -5.12. The number of aromatic nitrogens is 1. The maximum Gasteiger partial charge on any atom is 0.574 e. The number of nitro groups is 1. The molecule has 0 atom stereocenters. The van der Waals surface area contributed by atoms with Gasteiger partial charge in [-0.3, -0.25) is 10.1 Å². The lowest BCUT2D eigenvalue weighted by atomic mass is 10.2. The molecule has 0 aliphatic heterocycles. The first-order chi connectivity index (χ1) is 8.65. The second kappa shape index (κ2) is 4.96. The third-order valence-electron chi connectivity index (χ3n) is 1.76. The summed E-state index contributed by atoms with van der Waals surface area (Å²) in [6, 6.07) is 0.470. The summed E-state index contributed by atoms with van der Waals surface area (Å²) in [6.45, 7) is 0. The first-order valence-electron chi connectivity index (χ1n) is 4.38. The number of pyridine rings is 1. The van der Waals surface area contributed by atoms with E-state index in [1.165, 1.54) is 0 Å². The highest BCUT2D eigenvalue weighted by Gasteiger charge is 2.35. The molecule has 1 rings (SSSR count). The van der Waals surface area contributed by atoms with Crippen LogP contribution in [0.25, 0.3) is 0 Å². The Balaban J connectivity index is 3.45. The van der Waals surface area contributed by atoms with E-state index in [2.05, 4.69) is 14.5 Å². The van der Waals surface area contributed by atoms with Gasteiger partial charge in [0, 0.05) is 0 Å². The molecule has 104 valence electrons. The molecule has 11 heteroatoms. The minimum Gasteiger partial charge on any atom is -0.490 e. The lowest BCUT2D eigenvalue weighted by Crippen LogP contribution is -2.19. The largest absolute Gasteiger partial charge is 0.574 e. The average molecular weight is 282 g/mol. The molecular formula is C8H5F3N2O6. The van der Waals surface area contributed by atoms with Crippen LogP contribution < -0.4 is 9.47 Å². The van der Waals surface area contributed by atoms with Crippen LogP contribution in [0.4, 0.5) is 18.9 Å². The fourth-order valence-electron chi connectivity index (χ4n) is 1.14. The number of methoxy groups -OCH3 is 1. The Kier molecular flexibility index (Phi) is 3.77. The van der Waals surface area contributed by atoms with Gasteiger partial charge in [0.25, 0.3) is 0 Å². The number of hydrogen-bond acceptors (Lipinski definition) is 6. The molecule has 0 spiro atoms. The third kappa shape index (κ3) is 3.43. The summed E-state index contributed by atoms with van der Waals surface area (Å²) < 4.78 is 43.8. The Morgan fingerprint density at radius 3 is 2.47 bits per heavy atom. The SMILES string of the molecule is COc1cc(OC(F)(F)F)nc(C(=O)O)c1[N+](=O)[O-]. The Morgan fingerprint density at radius 2 is 2.11 bits per heavy atom. The summed E-state index contributed by atoms with van der Waals surface area (Å²) >= 11 is 0. The van der Waals surface area contributed by atoms with Crippen molar-refractivity contribution in [2.45, 2.75) is 6.36 Å². The van der Waals surface area contributed by atoms with Crippen LogP contribution >= 0.6 is 0 Å². The van der Waals surface area contributed by atoms with E-state index >= 15 is 0 Å². The molecule has 0 aromatic carbocycles. The van der Waals surface area contributed by atoms with Crippen molar-refractivity contribution in [3.8, 4) is 11.6 Å². The van der Waals surface area contributed by atoms with Gasteiger partial charge < -0.3 is 14.6 Å². The van der Waals surface area contributed by atoms with Crippen molar-refractivity contribution >= 4 is 11.7 Å². The van der Waals surface area contributed by atoms with Crippen LogP contribution in [-0.2, 0) is 0 Å². The molecule has 0 bridgehead atoms. The average Bonchev–Trinajstić information content (AvgIpc) is 2.24. The van der Waals surface area contributed by atoms with E-state index in [1.54, 1.807) is 0 Å². The standard InChI is InChI=1S/C8H5F3N2O6/c1-18-3-2-4(19-8(9,10)11)12-5(7(14)15)6(3)13(16)17/h2H,1H3,(H,14,15). The van der Waals surface area contributed by atoms with Gasteiger partial charge >= 0.3 is 18.0 Å².